The summed E-state index contributed by atoms with van der Waals surface area (Å²) < 4.78 is 26.1. The predicted octanol–water partition coefficient (Wildman–Crippen LogP) is 3.77. The quantitative estimate of drug-likeness (QED) is 0.641. The van der Waals surface area contributed by atoms with Gasteiger partial charge in [0.15, 0.2) is 0 Å². The maximum absolute atomic E-state index is 12.3. The molecule has 7 heteroatoms. The number of amides is 1. The molecule has 0 spiro atoms. The van der Waals surface area contributed by atoms with Crippen LogP contribution in [0.3, 0.4) is 0 Å². The summed E-state index contributed by atoms with van der Waals surface area (Å²) in [6.07, 6.45) is 4.44. The van der Waals surface area contributed by atoms with Gasteiger partial charge in [0.1, 0.15) is 0 Å². The second-order valence-corrected chi connectivity index (χ2v) is 10.3. The van der Waals surface area contributed by atoms with E-state index in [1.807, 2.05) is 32.0 Å². The Kier molecular flexibility index (Phi) is 7.59. The largest absolute Gasteiger partial charge is 0.372 e. The smallest absolute Gasteiger partial charge is 0.232 e. The lowest BCUT2D eigenvalue weighted by Crippen LogP contribution is -2.32. The van der Waals surface area contributed by atoms with Gasteiger partial charge in [0.05, 0.1) is 11.9 Å². The van der Waals surface area contributed by atoms with Crippen molar-refractivity contribution in [1.29, 1.82) is 0 Å². The molecule has 1 saturated heterocycles. The molecule has 0 saturated carbocycles. The molecule has 1 amide bonds. The SMILES string of the molecule is Cc1ccc(C)c(N(CCCC(=O)NCc2ccc(N3CCCC3)cc2)S(C)(=O)=O)c1. The van der Waals surface area contributed by atoms with Crippen LogP contribution in [0.25, 0.3) is 0 Å². The molecule has 0 bridgehead atoms. The van der Waals surface area contributed by atoms with Crippen LogP contribution in [0.15, 0.2) is 42.5 Å². The van der Waals surface area contributed by atoms with Gasteiger partial charge >= 0.3 is 0 Å². The van der Waals surface area contributed by atoms with E-state index in [0.717, 1.165) is 29.8 Å². The zero-order valence-corrected chi connectivity index (χ0v) is 19.5. The van der Waals surface area contributed by atoms with Crippen LogP contribution in [0.2, 0.25) is 0 Å². The van der Waals surface area contributed by atoms with Crippen LogP contribution in [-0.4, -0.2) is 40.2 Å². The van der Waals surface area contributed by atoms with E-state index in [0.29, 0.717) is 18.7 Å². The molecule has 168 valence electrons. The Bertz CT molecular complexity index is 997. The Labute approximate surface area is 186 Å². The summed E-state index contributed by atoms with van der Waals surface area (Å²) in [5.41, 5.74) is 4.88. The van der Waals surface area contributed by atoms with Crippen LogP contribution in [-0.2, 0) is 21.4 Å². The average molecular weight is 444 g/mol. The molecular formula is C24H33N3O3S. The molecule has 2 aromatic rings. The lowest BCUT2D eigenvalue weighted by molar-refractivity contribution is -0.121. The highest BCUT2D eigenvalue weighted by molar-refractivity contribution is 7.92. The topological polar surface area (TPSA) is 69.7 Å². The van der Waals surface area contributed by atoms with Gasteiger partial charge in [-0.1, -0.05) is 24.3 Å². The van der Waals surface area contributed by atoms with Gasteiger partial charge in [-0.3, -0.25) is 9.10 Å². The van der Waals surface area contributed by atoms with E-state index in [1.54, 1.807) is 0 Å². The summed E-state index contributed by atoms with van der Waals surface area (Å²) in [5, 5.41) is 2.94. The first-order valence-corrected chi connectivity index (χ1v) is 12.7. The van der Waals surface area contributed by atoms with Gasteiger partial charge in [0.25, 0.3) is 0 Å². The second-order valence-electron chi connectivity index (χ2n) is 8.37. The molecule has 3 rings (SSSR count). The fourth-order valence-corrected chi connectivity index (χ4v) is 4.94. The van der Waals surface area contributed by atoms with Crippen LogP contribution in [0.5, 0.6) is 0 Å². The third-order valence-electron chi connectivity index (χ3n) is 5.70. The monoisotopic (exact) mass is 443 g/mol. The highest BCUT2D eigenvalue weighted by Crippen LogP contribution is 2.24. The van der Waals surface area contributed by atoms with Crippen LogP contribution in [0, 0.1) is 13.8 Å². The Morgan fingerprint density at radius 2 is 1.74 bits per heavy atom. The number of hydrogen-bond donors (Lipinski definition) is 1. The molecule has 0 aliphatic carbocycles. The first kappa shape index (κ1) is 23.1. The number of carbonyl (C=O) groups is 1. The van der Waals surface area contributed by atoms with Gasteiger partial charge in [-0.15, -0.1) is 0 Å². The van der Waals surface area contributed by atoms with Crippen molar-refractivity contribution in [2.75, 3.05) is 35.1 Å². The highest BCUT2D eigenvalue weighted by Gasteiger charge is 2.19. The van der Waals surface area contributed by atoms with Gasteiger partial charge in [0.2, 0.25) is 15.9 Å². The number of rotatable bonds is 9. The number of sulfonamides is 1. The highest BCUT2D eigenvalue weighted by atomic mass is 32.2. The van der Waals surface area contributed by atoms with Gasteiger partial charge in [-0.25, -0.2) is 8.42 Å². The summed E-state index contributed by atoms with van der Waals surface area (Å²) in [6.45, 7) is 6.82. The number of nitrogens with zero attached hydrogens (tertiary/aromatic N) is 2. The molecule has 6 nitrogen and oxygen atoms in total. The van der Waals surface area contributed by atoms with Crippen molar-refractivity contribution < 1.29 is 13.2 Å². The third-order valence-corrected chi connectivity index (χ3v) is 6.88. The Morgan fingerprint density at radius 1 is 1.06 bits per heavy atom. The summed E-state index contributed by atoms with van der Waals surface area (Å²) in [4.78, 5) is 14.7. The standard InChI is InChI=1S/C24H33N3O3S/c1-19-8-9-20(2)23(17-19)27(31(3,29)30)16-6-7-24(28)25-18-21-10-12-22(13-11-21)26-14-4-5-15-26/h8-13,17H,4-7,14-16,18H2,1-3H3,(H,25,28). The van der Waals surface area contributed by atoms with E-state index in [4.69, 9.17) is 0 Å². The zero-order chi connectivity index (χ0) is 22.4. The summed E-state index contributed by atoms with van der Waals surface area (Å²) in [5.74, 6) is -0.0713. The third kappa shape index (κ3) is 6.47. The number of hydrogen-bond acceptors (Lipinski definition) is 4. The number of benzene rings is 2. The predicted molar refractivity (Wildman–Crippen MR) is 127 cm³/mol. The van der Waals surface area contributed by atoms with E-state index in [1.165, 1.54) is 29.1 Å². The maximum Gasteiger partial charge on any atom is 0.232 e. The minimum Gasteiger partial charge on any atom is -0.372 e. The van der Waals surface area contributed by atoms with Crippen molar-refractivity contribution in [3.63, 3.8) is 0 Å². The molecule has 0 aromatic heterocycles. The van der Waals surface area contributed by atoms with Crippen molar-refractivity contribution in [3.8, 4) is 0 Å². The van der Waals surface area contributed by atoms with E-state index in [9.17, 15) is 13.2 Å². The van der Waals surface area contributed by atoms with Gasteiger partial charge in [-0.05, 0) is 68.0 Å². The van der Waals surface area contributed by atoms with Crippen molar-refractivity contribution in [2.45, 2.75) is 46.1 Å². The fourth-order valence-electron chi connectivity index (χ4n) is 3.93. The second kappa shape index (κ2) is 10.2. The van der Waals surface area contributed by atoms with E-state index in [-0.39, 0.29) is 18.9 Å². The Hall–Kier alpha value is -2.54. The zero-order valence-electron chi connectivity index (χ0n) is 18.7. The molecule has 2 aromatic carbocycles. The number of nitrogens with one attached hydrogen (secondary N) is 1. The van der Waals surface area contributed by atoms with E-state index in [2.05, 4.69) is 34.5 Å². The first-order chi connectivity index (χ1) is 14.7. The molecule has 1 heterocycles. The number of anilines is 2. The lowest BCUT2D eigenvalue weighted by atomic mass is 10.1. The van der Waals surface area contributed by atoms with Crippen LogP contribution >= 0.6 is 0 Å². The molecule has 31 heavy (non-hydrogen) atoms. The van der Waals surface area contributed by atoms with Gasteiger partial charge in [0, 0.05) is 38.3 Å². The van der Waals surface area contributed by atoms with Gasteiger partial charge < -0.3 is 10.2 Å². The summed E-state index contributed by atoms with van der Waals surface area (Å²) in [6, 6.07) is 14.1. The molecule has 0 unspecified atom stereocenters. The molecule has 1 N–H and O–H groups in total. The minimum absolute atomic E-state index is 0.0713. The fraction of sp³-hybridized carbons (Fsp3) is 0.458. The van der Waals surface area contributed by atoms with E-state index < -0.39 is 10.0 Å². The van der Waals surface area contributed by atoms with E-state index >= 15 is 0 Å². The van der Waals surface area contributed by atoms with Crippen LogP contribution in [0.4, 0.5) is 11.4 Å². The molecule has 1 aliphatic rings. The van der Waals surface area contributed by atoms with Crippen LogP contribution in [0.1, 0.15) is 42.4 Å². The van der Waals surface area contributed by atoms with Crippen molar-refractivity contribution >= 4 is 27.3 Å². The Morgan fingerprint density at radius 3 is 2.39 bits per heavy atom. The average Bonchev–Trinajstić information content (AvgIpc) is 3.26. The maximum atomic E-state index is 12.3. The Balaban J connectivity index is 1.49. The minimum atomic E-state index is -3.42. The molecule has 0 radical (unpaired) electrons. The summed E-state index contributed by atoms with van der Waals surface area (Å²) in [7, 11) is -3.42. The molecule has 0 atom stereocenters. The van der Waals surface area contributed by atoms with Crippen LogP contribution < -0.4 is 14.5 Å². The first-order valence-electron chi connectivity index (χ1n) is 10.9. The number of carbonyl (C=O) groups excluding carboxylic acids is 1. The molecular weight excluding hydrogens is 410 g/mol. The van der Waals surface area contributed by atoms with Gasteiger partial charge in [-0.2, -0.15) is 0 Å². The lowest BCUT2D eigenvalue weighted by Gasteiger charge is -2.24. The van der Waals surface area contributed by atoms with Crippen molar-refractivity contribution in [2.24, 2.45) is 0 Å². The normalized spacial score (nSPS) is 14.0. The molecule has 1 aliphatic heterocycles. The number of aryl methyl sites for hydroxylation is 2. The molecule has 1 fully saturated rings. The van der Waals surface area contributed by atoms with Crippen molar-refractivity contribution in [1.82, 2.24) is 5.32 Å². The summed E-state index contributed by atoms with van der Waals surface area (Å²) >= 11 is 0. The van der Waals surface area contributed by atoms with Crippen molar-refractivity contribution in [3.05, 3.63) is 59.2 Å².